The van der Waals surface area contributed by atoms with Gasteiger partial charge < -0.3 is 5.73 Å². The lowest BCUT2D eigenvalue weighted by molar-refractivity contribution is 0.818. The molecule has 1 rings (SSSR count). The number of benzene rings is 1. The van der Waals surface area contributed by atoms with Gasteiger partial charge in [-0.25, -0.2) is 0 Å². The van der Waals surface area contributed by atoms with Crippen molar-refractivity contribution in [3.8, 4) is 0 Å². The number of hydrogen-bond donors (Lipinski definition) is 1. The first kappa shape index (κ1) is 10.1. The fourth-order valence-corrected chi connectivity index (χ4v) is 1.61. The lowest BCUT2D eigenvalue weighted by Gasteiger charge is -2.09. The number of nitrogens with two attached hydrogens (primary N) is 1. The highest BCUT2D eigenvalue weighted by atomic mass is 35.5. The first-order valence-electron chi connectivity index (χ1n) is 3.43. The minimum Gasteiger partial charge on any atom is -0.324 e. The van der Waals surface area contributed by atoms with Gasteiger partial charge in [-0.3, -0.25) is 0 Å². The molecular formula is C8H8Cl3N. The molecule has 0 aromatic heterocycles. The van der Waals surface area contributed by atoms with Gasteiger partial charge in [-0.15, -0.1) is 0 Å². The molecule has 1 aromatic carbocycles. The number of hydrogen-bond acceptors (Lipinski definition) is 1. The predicted octanol–water partition coefficient (Wildman–Crippen LogP) is 3.67. The van der Waals surface area contributed by atoms with Crippen LogP contribution in [0.5, 0.6) is 0 Å². The Balaban J connectivity index is 3.27. The summed E-state index contributed by atoms with van der Waals surface area (Å²) in [4.78, 5) is 0. The van der Waals surface area contributed by atoms with Crippen molar-refractivity contribution in [1.82, 2.24) is 0 Å². The van der Waals surface area contributed by atoms with Gasteiger partial charge in [0, 0.05) is 6.04 Å². The van der Waals surface area contributed by atoms with E-state index in [1.54, 1.807) is 12.1 Å². The van der Waals surface area contributed by atoms with Gasteiger partial charge in [-0.05, 0) is 18.6 Å². The molecule has 0 aliphatic rings. The molecule has 0 saturated carbocycles. The Morgan fingerprint density at radius 3 is 2.25 bits per heavy atom. The molecule has 2 N–H and O–H groups in total. The zero-order valence-electron chi connectivity index (χ0n) is 6.44. The number of rotatable bonds is 1. The summed E-state index contributed by atoms with van der Waals surface area (Å²) in [5.74, 6) is 0. The van der Waals surface area contributed by atoms with Gasteiger partial charge >= 0.3 is 0 Å². The van der Waals surface area contributed by atoms with E-state index in [1.807, 2.05) is 6.92 Å². The molecule has 0 saturated heterocycles. The van der Waals surface area contributed by atoms with Crippen LogP contribution in [0, 0.1) is 0 Å². The van der Waals surface area contributed by atoms with Gasteiger partial charge in [0.15, 0.2) is 0 Å². The van der Waals surface area contributed by atoms with E-state index in [1.165, 1.54) is 0 Å². The molecule has 1 nitrogen and oxygen atoms in total. The molecule has 66 valence electrons. The van der Waals surface area contributed by atoms with Crippen LogP contribution in [0.3, 0.4) is 0 Å². The Morgan fingerprint density at radius 1 is 1.17 bits per heavy atom. The third kappa shape index (κ3) is 1.86. The van der Waals surface area contributed by atoms with Gasteiger partial charge in [-0.2, -0.15) is 0 Å². The maximum atomic E-state index is 5.90. The highest BCUT2D eigenvalue weighted by molar-refractivity contribution is 6.48. The highest BCUT2D eigenvalue weighted by Gasteiger charge is 2.10. The molecule has 0 fully saturated rings. The molecule has 0 amide bonds. The van der Waals surface area contributed by atoms with E-state index in [4.69, 9.17) is 40.5 Å². The zero-order valence-corrected chi connectivity index (χ0v) is 8.71. The second-order valence-corrected chi connectivity index (χ2v) is 3.72. The summed E-state index contributed by atoms with van der Waals surface area (Å²) in [6.07, 6.45) is 0. The Kier molecular flexibility index (Phi) is 3.24. The Morgan fingerprint density at radius 2 is 1.75 bits per heavy atom. The third-order valence-electron chi connectivity index (χ3n) is 1.56. The van der Waals surface area contributed by atoms with E-state index in [0.29, 0.717) is 15.1 Å². The summed E-state index contributed by atoms with van der Waals surface area (Å²) < 4.78 is 0. The van der Waals surface area contributed by atoms with Crippen molar-refractivity contribution in [2.75, 3.05) is 0 Å². The second-order valence-electron chi connectivity index (χ2n) is 2.55. The molecule has 0 radical (unpaired) electrons. The van der Waals surface area contributed by atoms with Gasteiger partial charge in [0.2, 0.25) is 0 Å². The Labute approximate surface area is 86.4 Å². The van der Waals surface area contributed by atoms with E-state index in [9.17, 15) is 0 Å². The average molecular weight is 225 g/mol. The standard InChI is InChI=1S/C8H8Cl3N/c1-4(12)5-2-3-6(9)8(11)7(5)10/h2-4H,12H2,1H3/t4-/m1/s1. The maximum absolute atomic E-state index is 5.90. The van der Waals surface area contributed by atoms with Crippen LogP contribution in [0.1, 0.15) is 18.5 Å². The minimum atomic E-state index is -0.132. The third-order valence-corrected chi connectivity index (χ3v) is 2.86. The molecule has 0 unspecified atom stereocenters. The predicted molar refractivity (Wildman–Crippen MR) is 54.1 cm³/mol. The van der Waals surface area contributed by atoms with Crippen LogP contribution in [0.4, 0.5) is 0 Å². The molecule has 1 atom stereocenters. The fraction of sp³-hybridized carbons (Fsp3) is 0.250. The van der Waals surface area contributed by atoms with E-state index in [0.717, 1.165) is 5.56 Å². The Bertz CT molecular complexity index is 297. The smallest absolute Gasteiger partial charge is 0.0781 e. The summed E-state index contributed by atoms with van der Waals surface area (Å²) in [5.41, 5.74) is 6.46. The van der Waals surface area contributed by atoms with Crippen molar-refractivity contribution in [2.45, 2.75) is 13.0 Å². The molecule has 0 spiro atoms. The summed E-state index contributed by atoms with van der Waals surface area (Å²) >= 11 is 17.4. The van der Waals surface area contributed by atoms with Crippen molar-refractivity contribution in [2.24, 2.45) is 5.73 Å². The van der Waals surface area contributed by atoms with Crippen molar-refractivity contribution >= 4 is 34.8 Å². The van der Waals surface area contributed by atoms with Gasteiger partial charge in [-0.1, -0.05) is 40.9 Å². The topological polar surface area (TPSA) is 26.0 Å². The first-order chi connectivity index (χ1) is 5.54. The van der Waals surface area contributed by atoms with Crippen LogP contribution >= 0.6 is 34.8 Å². The van der Waals surface area contributed by atoms with Crippen LogP contribution in [0.15, 0.2) is 12.1 Å². The Hall–Kier alpha value is 0.0500. The fourth-order valence-electron chi connectivity index (χ4n) is 0.893. The average Bonchev–Trinajstić information content (AvgIpc) is 2.00. The van der Waals surface area contributed by atoms with Gasteiger partial charge in [0.05, 0.1) is 15.1 Å². The van der Waals surface area contributed by atoms with Gasteiger partial charge in [0.25, 0.3) is 0 Å². The largest absolute Gasteiger partial charge is 0.324 e. The van der Waals surface area contributed by atoms with Crippen molar-refractivity contribution in [3.63, 3.8) is 0 Å². The summed E-state index contributed by atoms with van der Waals surface area (Å²) in [6, 6.07) is 3.34. The summed E-state index contributed by atoms with van der Waals surface area (Å²) in [6.45, 7) is 1.84. The van der Waals surface area contributed by atoms with Crippen molar-refractivity contribution in [1.29, 1.82) is 0 Å². The normalized spacial score (nSPS) is 13.1. The van der Waals surface area contributed by atoms with E-state index in [2.05, 4.69) is 0 Å². The monoisotopic (exact) mass is 223 g/mol. The minimum absolute atomic E-state index is 0.132. The molecule has 0 heterocycles. The SMILES string of the molecule is C[C@@H](N)c1ccc(Cl)c(Cl)c1Cl. The van der Waals surface area contributed by atoms with E-state index in [-0.39, 0.29) is 6.04 Å². The van der Waals surface area contributed by atoms with Crippen LogP contribution in [0.25, 0.3) is 0 Å². The molecular weight excluding hydrogens is 216 g/mol. The first-order valence-corrected chi connectivity index (χ1v) is 4.56. The molecule has 1 aromatic rings. The van der Waals surface area contributed by atoms with Crippen LogP contribution in [0.2, 0.25) is 15.1 Å². The second kappa shape index (κ2) is 3.84. The highest BCUT2D eigenvalue weighted by Crippen LogP contribution is 2.34. The maximum Gasteiger partial charge on any atom is 0.0781 e. The van der Waals surface area contributed by atoms with E-state index < -0.39 is 0 Å². The molecule has 4 heteroatoms. The summed E-state index contributed by atoms with van der Waals surface area (Å²) in [7, 11) is 0. The zero-order chi connectivity index (χ0) is 9.30. The molecule has 0 aliphatic carbocycles. The van der Waals surface area contributed by atoms with E-state index >= 15 is 0 Å². The van der Waals surface area contributed by atoms with Gasteiger partial charge in [0.1, 0.15) is 0 Å². The molecule has 0 bridgehead atoms. The lowest BCUT2D eigenvalue weighted by Crippen LogP contribution is -2.05. The molecule has 0 aliphatic heterocycles. The summed E-state index contributed by atoms with van der Waals surface area (Å²) in [5, 5.41) is 1.26. The van der Waals surface area contributed by atoms with Crippen LogP contribution < -0.4 is 5.73 Å². The van der Waals surface area contributed by atoms with Crippen molar-refractivity contribution in [3.05, 3.63) is 32.8 Å². The number of halogens is 3. The van der Waals surface area contributed by atoms with Crippen LogP contribution in [-0.2, 0) is 0 Å². The van der Waals surface area contributed by atoms with Crippen molar-refractivity contribution < 1.29 is 0 Å². The molecule has 12 heavy (non-hydrogen) atoms. The quantitative estimate of drug-likeness (QED) is 0.724. The lowest BCUT2D eigenvalue weighted by atomic mass is 10.1. The van der Waals surface area contributed by atoms with Crippen LogP contribution in [-0.4, -0.2) is 0 Å².